The van der Waals surface area contributed by atoms with Crippen LogP contribution in [-0.2, 0) is 13.6 Å². The highest BCUT2D eigenvalue weighted by Crippen LogP contribution is 2.26. The number of hydrogen-bond acceptors (Lipinski definition) is 4. The molecule has 0 bridgehead atoms. The molecule has 0 fully saturated rings. The maximum Gasteiger partial charge on any atom is 0.160 e. The van der Waals surface area contributed by atoms with Crippen molar-refractivity contribution >= 4 is 5.69 Å². The minimum atomic E-state index is 0.152. The first-order valence-corrected chi connectivity index (χ1v) is 5.70. The zero-order valence-electron chi connectivity index (χ0n) is 10.8. The molecule has 0 aliphatic heterocycles. The van der Waals surface area contributed by atoms with Crippen molar-refractivity contribution in [3.8, 4) is 11.5 Å². The van der Waals surface area contributed by atoms with Gasteiger partial charge in [0.1, 0.15) is 0 Å². The van der Waals surface area contributed by atoms with Crippen LogP contribution in [0.15, 0.2) is 24.4 Å². The Bertz CT molecular complexity index is 549. The highest BCUT2D eigenvalue weighted by atomic mass is 16.5. The molecule has 0 radical (unpaired) electrons. The summed E-state index contributed by atoms with van der Waals surface area (Å²) in [4.78, 5) is 0. The Kier molecular flexibility index (Phi) is 3.41. The first-order chi connectivity index (χ1) is 8.60. The molecule has 0 spiro atoms. The molecule has 0 saturated carbocycles. The van der Waals surface area contributed by atoms with Crippen molar-refractivity contribution in [2.24, 2.45) is 7.05 Å². The number of aryl methyl sites for hydroxylation is 2. The van der Waals surface area contributed by atoms with E-state index in [4.69, 9.17) is 4.74 Å². The van der Waals surface area contributed by atoms with Gasteiger partial charge < -0.3 is 15.2 Å². The quantitative estimate of drug-likeness (QED) is 0.868. The van der Waals surface area contributed by atoms with Gasteiger partial charge in [0, 0.05) is 19.8 Å². The first-order valence-electron chi connectivity index (χ1n) is 5.70. The molecule has 0 atom stereocenters. The lowest BCUT2D eigenvalue weighted by Crippen LogP contribution is -2.00. The molecule has 0 saturated heterocycles. The van der Waals surface area contributed by atoms with Crippen LogP contribution in [0.1, 0.15) is 11.3 Å². The molecule has 0 aliphatic rings. The summed E-state index contributed by atoms with van der Waals surface area (Å²) >= 11 is 0. The van der Waals surface area contributed by atoms with E-state index in [9.17, 15) is 5.11 Å². The van der Waals surface area contributed by atoms with Gasteiger partial charge in [0.25, 0.3) is 0 Å². The average Bonchev–Trinajstić information content (AvgIpc) is 2.67. The van der Waals surface area contributed by atoms with E-state index in [1.165, 1.54) is 7.11 Å². The van der Waals surface area contributed by atoms with Crippen LogP contribution in [0.5, 0.6) is 11.5 Å². The van der Waals surface area contributed by atoms with Crippen molar-refractivity contribution < 1.29 is 9.84 Å². The number of hydrogen-bond donors (Lipinski definition) is 2. The number of aromatic hydroxyl groups is 1. The number of ether oxygens (including phenoxy) is 1. The second-order valence-electron chi connectivity index (χ2n) is 4.16. The van der Waals surface area contributed by atoms with Gasteiger partial charge in [-0.3, -0.25) is 4.68 Å². The zero-order chi connectivity index (χ0) is 13.1. The molecule has 2 aromatic rings. The molecule has 2 rings (SSSR count). The Labute approximate surface area is 106 Å². The molecule has 1 heterocycles. The molecule has 5 heteroatoms. The lowest BCUT2D eigenvalue weighted by molar-refractivity contribution is 0.373. The van der Waals surface area contributed by atoms with E-state index in [-0.39, 0.29) is 5.75 Å². The molecule has 0 amide bonds. The minimum Gasteiger partial charge on any atom is -0.504 e. The smallest absolute Gasteiger partial charge is 0.160 e. The summed E-state index contributed by atoms with van der Waals surface area (Å²) in [6.45, 7) is 2.61. The Hall–Kier alpha value is -2.17. The number of aromatic nitrogens is 2. The second-order valence-corrected chi connectivity index (χ2v) is 4.16. The Morgan fingerprint density at radius 2 is 2.22 bits per heavy atom. The van der Waals surface area contributed by atoms with Crippen LogP contribution in [0.2, 0.25) is 0 Å². The van der Waals surface area contributed by atoms with Gasteiger partial charge in [0.2, 0.25) is 0 Å². The molecule has 96 valence electrons. The van der Waals surface area contributed by atoms with Crippen LogP contribution < -0.4 is 10.1 Å². The van der Waals surface area contributed by atoms with E-state index >= 15 is 0 Å². The molecule has 18 heavy (non-hydrogen) atoms. The standard InChI is InChI=1S/C13H17N3O2/c1-9-11(8-16(2)15-9)14-7-10-4-5-12(17)13(6-10)18-3/h4-6,8,14,17H,7H2,1-3H3. The summed E-state index contributed by atoms with van der Waals surface area (Å²) in [5, 5.41) is 17.1. The van der Waals surface area contributed by atoms with Crippen LogP contribution in [0.3, 0.4) is 0 Å². The van der Waals surface area contributed by atoms with Gasteiger partial charge in [-0.1, -0.05) is 6.07 Å². The number of methoxy groups -OCH3 is 1. The summed E-state index contributed by atoms with van der Waals surface area (Å²) in [5.41, 5.74) is 3.00. The first kappa shape index (κ1) is 12.3. The van der Waals surface area contributed by atoms with E-state index in [0.29, 0.717) is 12.3 Å². The predicted molar refractivity (Wildman–Crippen MR) is 69.9 cm³/mol. The number of anilines is 1. The van der Waals surface area contributed by atoms with E-state index in [1.807, 2.05) is 32.3 Å². The molecule has 5 nitrogen and oxygen atoms in total. The molecule has 2 N–H and O–H groups in total. The lowest BCUT2D eigenvalue weighted by atomic mass is 10.2. The predicted octanol–water partition coefficient (Wildman–Crippen LogP) is 2.05. The highest BCUT2D eigenvalue weighted by Gasteiger charge is 2.05. The van der Waals surface area contributed by atoms with Crippen LogP contribution >= 0.6 is 0 Å². The van der Waals surface area contributed by atoms with Crippen LogP contribution in [0, 0.1) is 6.92 Å². The Morgan fingerprint density at radius 1 is 1.44 bits per heavy atom. The average molecular weight is 247 g/mol. The van der Waals surface area contributed by atoms with Gasteiger partial charge in [0.15, 0.2) is 11.5 Å². The number of nitrogens with one attached hydrogen (secondary N) is 1. The van der Waals surface area contributed by atoms with Crippen molar-refractivity contribution in [3.05, 3.63) is 35.7 Å². The van der Waals surface area contributed by atoms with Crippen molar-refractivity contribution in [1.29, 1.82) is 0 Å². The fourth-order valence-corrected chi connectivity index (χ4v) is 1.80. The van der Waals surface area contributed by atoms with E-state index in [0.717, 1.165) is 16.9 Å². The molecular weight excluding hydrogens is 230 g/mol. The highest BCUT2D eigenvalue weighted by molar-refractivity contribution is 5.47. The Morgan fingerprint density at radius 3 is 2.83 bits per heavy atom. The number of rotatable bonds is 4. The van der Waals surface area contributed by atoms with Gasteiger partial charge in [-0.05, 0) is 24.6 Å². The number of phenols is 1. The maximum absolute atomic E-state index is 9.51. The largest absolute Gasteiger partial charge is 0.504 e. The van der Waals surface area contributed by atoms with Crippen LogP contribution in [0.4, 0.5) is 5.69 Å². The van der Waals surface area contributed by atoms with Crippen molar-refractivity contribution in [2.45, 2.75) is 13.5 Å². The lowest BCUT2D eigenvalue weighted by Gasteiger charge is -2.08. The van der Waals surface area contributed by atoms with E-state index in [1.54, 1.807) is 10.7 Å². The van der Waals surface area contributed by atoms with Gasteiger partial charge in [-0.25, -0.2) is 0 Å². The van der Waals surface area contributed by atoms with Crippen molar-refractivity contribution in [3.63, 3.8) is 0 Å². The maximum atomic E-state index is 9.51. The summed E-state index contributed by atoms with van der Waals surface area (Å²) in [7, 11) is 3.43. The van der Waals surface area contributed by atoms with E-state index < -0.39 is 0 Å². The molecule has 1 aromatic heterocycles. The fourth-order valence-electron chi connectivity index (χ4n) is 1.80. The molecule has 0 unspecified atom stereocenters. The zero-order valence-corrected chi connectivity index (χ0v) is 10.8. The number of phenolic OH excluding ortho intramolecular Hbond substituents is 1. The summed E-state index contributed by atoms with van der Waals surface area (Å²) in [5.74, 6) is 0.635. The molecule has 1 aromatic carbocycles. The molecular formula is C13H17N3O2. The monoisotopic (exact) mass is 247 g/mol. The topological polar surface area (TPSA) is 59.3 Å². The van der Waals surface area contributed by atoms with Gasteiger partial charge in [-0.15, -0.1) is 0 Å². The minimum absolute atomic E-state index is 0.152. The van der Waals surface area contributed by atoms with Gasteiger partial charge in [-0.2, -0.15) is 5.10 Å². The SMILES string of the molecule is COc1cc(CNc2cn(C)nc2C)ccc1O. The third-order valence-corrected chi connectivity index (χ3v) is 2.74. The van der Waals surface area contributed by atoms with Gasteiger partial charge >= 0.3 is 0 Å². The van der Waals surface area contributed by atoms with Crippen molar-refractivity contribution in [1.82, 2.24) is 9.78 Å². The van der Waals surface area contributed by atoms with E-state index in [2.05, 4.69) is 10.4 Å². The summed E-state index contributed by atoms with van der Waals surface area (Å²) in [6.07, 6.45) is 1.94. The van der Waals surface area contributed by atoms with Crippen molar-refractivity contribution in [2.75, 3.05) is 12.4 Å². The summed E-state index contributed by atoms with van der Waals surface area (Å²) < 4.78 is 6.84. The molecule has 0 aliphatic carbocycles. The van der Waals surface area contributed by atoms with Gasteiger partial charge in [0.05, 0.1) is 18.5 Å². The normalized spacial score (nSPS) is 10.4. The number of nitrogens with zero attached hydrogens (tertiary/aromatic N) is 2. The van der Waals surface area contributed by atoms with Crippen LogP contribution in [0.25, 0.3) is 0 Å². The number of benzene rings is 1. The van der Waals surface area contributed by atoms with Crippen LogP contribution in [-0.4, -0.2) is 22.0 Å². The second kappa shape index (κ2) is 5.00. The summed E-state index contributed by atoms with van der Waals surface area (Å²) in [6, 6.07) is 5.30. The fraction of sp³-hybridized carbons (Fsp3) is 0.308. The third-order valence-electron chi connectivity index (χ3n) is 2.74. The Balaban J connectivity index is 2.08. The third kappa shape index (κ3) is 2.56.